The number of carbonyl (C=O) groups is 2. The molecule has 0 heterocycles. The highest BCUT2D eigenvalue weighted by atomic mass is 19.3. The summed E-state index contributed by atoms with van der Waals surface area (Å²) in [4.78, 5) is 23.4. The second kappa shape index (κ2) is 6.85. The molecule has 2 rings (SSSR count). The van der Waals surface area contributed by atoms with Gasteiger partial charge in [0.25, 0.3) is 0 Å². The minimum Gasteiger partial charge on any atom is -0.480 e. The van der Waals surface area contributed by atoms with Gasteiger partial charge in [-0.3, -0.25) is 4.79 Å². The Labute approximate surface area is 127 Å². The zero-order valence-electron chi connectivity index (χ0n) is 12.1. The fraction of sp³-hybridized carbons (Fsp3) is 0.500. The molecule has 0 aliphatic heterocycles. The Morgan fingerprint density at radius 1 is 1.23 bits per heavy atom. The van der Waals surface area contributed by atoms with Crippen LogP contribution in [0.5, 0.6) is 0 Å². The number of aliphatic carboxylic acids is 1. The molecule has 0 radical (unpaired) electrons. The summed E-state index contributed by atoms with van der Waals surface area (Å²) in [7, 11) is 0. The molecule has 2 N–H and O–H groups in total. The number of nitrogens with one attached hydrogen (secondary N) is 1. The van der Waals surface area contributed by atoms with Crippen molar-refractivity contribution >= 4 is 11.9 Å². The molecule has 1 aromatic rings. The first-order valence-electron chi connectivity index (χ1n) is 7.32. The molecule has 1 aromatic carbocycles. The highest BCUT2D eigenvalue weighted by Gasteiger charge is 2.38. The molecule has 0 aromatic heterocycles. The zero-order valence-corrected chi connectivity index (χ0v) is 12.1. The summed E-state index contributed by atoms with van der Waals surface area (Å²) in [5, 5.41) is 11.7. The van der Waals surface area contributed by atoms with Crippen molar-refractivity contribution in [2.45, 2.75) is 44.1 Å². The monoisotopic (exact) mass is 311 g/mol. The minimum atomic E-state index is -2.70. The highest BCUT2D eigenvalue weighted by Crippen LogP contribution is 2.36. The van der Waals surface area contributed by atoms with E-state index in [0.717, 1.165) is 5.56 Å². The summed E-state index contributed by atoms with van der Waals surface area (Å²) in [6.45, 7) is 0. The Bertz CT molecular complexity index is 523. The summed E-state index contributed by atoms with van der Waals surface area (Å²) in [5.41, 5.74) is 0.797. The predicted octanol–water partition coefficient (Wildman–Crippen LogP) is 2.62. The molecular weight excluding hydrogens is 292 g/mol. The van der Waals surface area contributed by atoms with E-state index in [9.17, 15) is 23.5 Å². The van der Waals surface area contributed by atoms with E-state index in [4.69, 9.17) is 0 Å². The van der Waals surface area contributed by atoms with Crippen molar-refractivity contribution in [3.05, 3.63) is 35.9 Å². The van der Waals surface area contributed by atoms with Gasteiger partial charge in [0.15, 0.2) is 0 Å². The first-order valence-corrected chi connectivity index (χ1v) is 7.32. The molecule has 1 aliphatic rings. The number of amides is 1. The fourth-order valence-corrected chi connectivity index (χ4v) is 2.64. The van der Waals surface area contributed by atoms with Crippen molar-refractivity contribution in [2.24, 2.45) is 5.92 Å². The second-order valence-corrected chi connectivity index (χ2v) is 5.72. The summed E-state index contributed by atoms with van der Waals surface area (Å²) in [6, 6.07) is 7.92. The van der Waals surface area contributed by atoms with E-state index in [-0.39, 0.29) is 32.1 Å². The molecule has 0 bridgehead atoms. The van der Waals surface area contributed by atoms with Crippen LogP contribution in [0, 0.1) is 5.92 Å². The predicted molar refractivity (Wildman–Crippen MR) is 76.6 cm³/mol. The third-order valence-electron chi connectivity index (χ3n) is 3.99. The smallest absolute Gasteiger partial charge is 0.326 e. The summed E-state index contributed by atoms with van der Waals surface area (Å²) >= 11 is 0. The molecular formula is C16H19F2NO3. The zero-order chi connectivity index (χ0) is 16.2. The Morgan fingerprint density at radius 2 is 1.82 bits per heavy atom. The van der Waals surface area contributed by atoms with Gasteiger partial charge in [0.05, 0.1) is 0 Å². The molecule has 22 heavy (non-hydrogen) atoms. The maximum absolute atomic E-state index is 13.1. The average molecular weight is 311 g/mol. The van der Waals surface area contributed by atoms with Gasteiger partial charge in [-0.05, 0) is 18.4 Å². The van der Waals surface area contributed by atoms with Gasteiger partial charge in [0.2, 0.25) is 11.8 Å². The topological polar surface area (TPSA) is 66.4 Å². The number of hydrogen-bond acceptors (Lipinski definition) is 2. The summed E-state index contributed by atoms with van der Waals surface area (Å²) < 4.78 is 26.2. The third-order valence-corrected chi connectivity index (χ3v) is 3.99. The SMILES string of the molecule is O=C(NC(Cc1ccccc1)C(=O)O)C1CCC(F)(F)CC1. The molecule has 1 atom stereocenters. The molecule has 0 saturated heterocycles. The number of alkyl halides is 2. The van der Waals surface area contributed by atoms with Crippen LogP contribution in [0.25, 0.3) is 0 Å². The minimum absolute atomic E-state index is 0.0938. The van der Waals surface area contributed by atoms with Crippen LogP contribution in [-0.2, 0) is 16.0 Å². The van der Waals surface area contributed by atoms with Gasteiger partial charge in [0, 0.05) is 25.2 Å². The maximum atomic E-state index is 13.1. The summed E-state index contributed by atoms with van der Waals surface area (Å²) in [6.07, 6.45) is -0.277. The van der Waals surface area contributed by atoms with Gasteiger partial charge in [0.1, 0.15) is 6.04 Å². The average Bonchev–Trinajstić information content (AvgIpc) is 2.47. The molecule has 1 fully saturated rings. The van der Waals surface area contributed by atoms with E-state index in [1.807, 2.05) is 6.07 Å². The molecule has 1 aliphatic carbocycles. The van der Waals surface area contributed by atoms with Crippen LogP contribution < -0.4 is 5.32 Å². The Hall–Kier alpha value is -1.98. The van der Waals surface area contributed by atoms with E-state index in [2.05, 4.69) is 5.32 Å². The van der Waals surface area contributed by atoms with Gasteiger partial charge in [-0.1, -0.05) is 30.3 Å². The lowest BCUT2D eigenvalue weighted by molar-refractivity contribution is -0.143. The number of rotatable bonds is 5. The molecule has 1 amide bonds. The van der Waals surface area contributed by atoms with Crippen LogP contribution in [0.3, 0.4) is 0 Å². The Morgan fingerprint density at radius 3 is 2.36 bits per heavy atom. The lowest BCUT2D eigenvalue weighted by Gasteiger charge is -2.28. The number of benzene rings is 1. The van der Waals surface area contributed by atoms with Gasteiger partial charge < -0.3 is 10.4 Å². The van der Waals surface area contributed by atoms with Crippen LogP contribution in [0.4, 0.5) is 8.78 Å². The quantitative estimate of drug-likeness (QED) is 0.878. The van der Waals surface area contributed by atoms with Crippen molar-refractivity contribution < 1.29 is 23.5 Å². The third kappa shape index (κ3) is 4.51. The number of halogens is 2. The number of hydrogen-bond donors (Lipinski definition) is 2. The lowest BCUT2D eigenvalue weighted by atomic mass is 9.86. The Kier molecular flexibility index (Phi) is 5.11. The van der Waals surface area contributed by atoms with E-state index in [1.165, 1.54) is 0 Å². The molecule has 1 saturated carbocycles. The van der Waals surface area contributed by atoms with Gasteiger partial charge in [-0.2, -0.15) is 0 Å². The van der Waals surface area contributed by atoms with Crippen molar-refractivity contribution in [1.82, 2.24) is 5.32 Å². The van der Waals surface area contributed by atoms with Crippen molar-refractivity contribution in [2.75, 3.05) is 0 Å². The lowest BCUT2D eigenvalue weighted by Crippen LogP contribution is -2.46. The van der Waals surface area contributed by atoms with Crippen LogP contribution in [0.2, 0.25) is 0 Å². The molecule has 6 heteroatoms. The first kappa shape index (κ1) is 16.4. The molecule has 1 unspecified atom stereocenters. The van der Waals surface area contributed by atoms with E-state index >= 15 is 0 Å². The van der Waals surface area contributed by atoms with Crippen LogP contribution >= 0.6 is 0 Å². The van der Waals surface area contributed by atoms with Crippen LogP contribution in [0.15, 0.2) is 30.3 Å². The normalized spacial score (nSPS) is 19.4. The van der Waals surface area contributed by atoms with Crippen LogP contribution in [0.1, 0.15) is 31.2 Å². The van der Waals surface area contributed by atoms with Gasteiger partial charge in [-0.25, -0.2) is 13.6 Å². The van der Waals surface area contributed by atoms with E-state index in [0.29, 0.717) is 0 Å². The highest BCUT2D eigenvalue weighted by molar-refractivity contribution is 5.85. The van der Waals surface area contributed by atoms with Crippen molar-refractivity contribution in [1.29, 1.82) is 0 Å². The fourth-order valence-electron chi connectivity index (χ4n) is 2.64. The van der Waals surface area contributed by atoms with Gasteiger partial charge in [-0.15, -0.1) is 0 Å². The molecule has 0 spiro atoms. The number of carbonyl (C=O) groups excluding carboxylic acids is 1. The second-order valence-electron chi connectivity index (χ2n) is 5.72. The van der Waals surface area contributed by atoms with Crippen molar-refractivity contribution in [3.63, 3.8) is 0 Å². The van der Waals surface area contributed by atoms with Crippen molar-refractivity contribution in [3.8, 4) is 0 Å². The molecule has 4 nitrogen and oxygen atoms in total. The van der Waals surface area contributed by atoms with E-state index < -0.39 is 29.8 Å². The maximum Gasteiger partial charge on any atom is 0.326 e. The number of carboxylic acid groups (broad SMARTS) is 1. The Balaban J connectivity index is 1.93. The molecule has 120 valence electrons. The van der Waals surface area contributed by atoms with Crippen LogP contribution in [-0.4, -0.2) is 28.9 Å². The standard InChI is InChI=1S/C16H19F2NO3/c17-16(18)8-6-12(7-9-16)14(20)19-13(15(21)22)10-11-4-2-1-3-5-11/h1-5,12-13H,6-10H2,(H,19,20)(H,21,22). The summed E-state index contributed by atoms with van der Waals surface area (Å²) in [5.74, 6) is -4.80. The van der Waals surface area contributed by atoms with Gasteiger partial charge >= 0.3 is 5.97 Å². The van der Waals surface area contributed by atoms with E-state index in [1.54, 1.807) is 24.3 Å². The first-order chi connectivity index (χ1) is 10.4. The number of carboxylic acids is 1. The largest absolute Gasteiger partial charge is 0.480 e.